The molecule has 1 aromatic rings. The van der Waals surface area contributed by atoms with E-state index in [1.165, 1.54) is 0 Å². The second-order valence-corrected chi connectivity index (χ2v) is 5.58. The molecule has 0 amide bonds. The highest BCUT2D eigenvalue weighted by Gasteiger charge is 2.25. The number of halogens is 5. The summed E-state index contributed by atoms with van der Waals surface area (Å²) >= 11 is 0. The molecule has 0 unspecified atom stereocenters. The molecule has 0 bridgehead atoms. The third kappa shape index (κ3) is 4.91. The van der Waals surface area contributed by atoms with E-state index >= 15 is 0 Å². The van der Waals surface area contributed by atoms with Gasteiger partial charge in [0.25, 0.3) is 6.48 Å². The minimum atomic E-state index is -2.19. The van der Waals surface area contributed by atoms with Crippen LogP contribution in [0, 0.1) is 29.1 Å². The molecule has 3 N–H and O–H groups in total. The van der Waals surface area contributed by atoms with E-state index in [1.54, 1.807) is 0 Å². The van der Waals surface area contributed by atoms with Crippen LogP contribution in [0.2, 0.25) is 6.04 Å². The van der Waals surface area contributed by atoms with Gasteiger partial charge in [-0.15, -0.1) is 0 Å². The van der Waals surface area contributed by atoms with Crippen LogP contribution in [-0.4, -0.2) is 33.0 Å². The van der Waals surface area contributed by atoms with Gasteiger partial charge in [-0.3, -0.25) is 0 Å². The first-order chi connectivity index (χ1) is 9.86. The Hall–Kier alpha value is -1.23. The molecule has 10 heteroatoms. The number of anilines is 1. The molecule has 1 rings (SSSR count). The first kappa shape index (κ1) is 17.8. The minimum absolute atomic E-state index is 0.00836. The van der Waals surface area contributed by atoms with Crippen molar-refractivity contribution in [1.29, 1.82) is 0 Å². The number of unbranched alkanes of at least 4 members (excludes halogenated alkanes) is 1. The molecule has 0 aliphatic heterocycles. The van der Waals surface area contributed by atoms with Gasteiger partial charge in [-0.2, -0.15) is 0 Å². The van der Waals surface area contributed by atoms with Crippen molar-refractivity contribution >= 4 is 15.5 Å². The fraction of sp³-hybridized carbons (Fsp3) is 0.455. The molecular formula is C11H14F5NO3Si. The Morgan fingerprint density at radius 1 is 0.905 bits per heavy atom. The zero-order valence-electron chi connectivity index (χ0n) is 10.8. The standard InChI is InChI=1S/C11H14F5NO3Si/c12-5-6(13)8(15)10(9(16)7(5)14)17-3-1-2-4-21-20-11(18)19/h11,17-19H,1-4,21H2. The molecule has 21 heavy (non-hydrogen) atoms. The van der Waals surface area contributed by atoms with E-state index in [1.807, 2.05) is 0 Å². The lowest BCUT2D eigenvalue weighted by atomic mass is 10.2. The molecule has 0 saturated heterocycles. The Kier molecular flexibility index (Phi) is 7.02. The maximum absolute atomic E-state index is 13.3. The highest BCUT2D eigenvalue weighted by atomic mass is 28.2. The predicted molar refractivity (Wildman–Crippen MR) is 66.6 cm³/mol. The largest absolute Gasteiger partial charge is 0.380 e. The first-order valence-electron chi connectivity index (χ1n) is 6.09. The summed E-state index contributed by atoms with van der Waals surface area (Å²) in [6.45, 7) is -1.79. The molecule has 0 radical (unpaired) electrons. The van der Waals surface area contributed by atoms with Crippen molar-refractivity contribution in [3.8, 4) is 0 Å². The Morgan fingerprint density at radius 3 is 1.95 bits per heavy atom. The third-order valence-corrected chi connectivity index (χ3v) is 3.92. The van der Waals surface area contributed by atoms with Crippen molar-refractivity contribution in [3.05, 3.63) is 29.1 Å². The topological polar surface area (TPSA) is 61.7 Å². The SMILES string of the molecule is OC(O)O[SiH2]CCCCNc1c(F)c(F)c(F)c(F)c1F. The fourth-order valence-corrected chi connectivity index (χ4v) is 2.50. The van der Waals surface area contributed by atoms with Crippen LogP contribution in [-0.2, 0) is 4.43 Å². The summed E-state index contributed by atoms with van der Waals surface area (Å²) in [4.78, 5) is 0. The van der Waals surface area contributed by atoms with Gasteiger partial charge in [0.15, 0.2) is 33.0 Å². The van der Waals surface area contributed by atoms with Crippen LogP contribution in [0.4, 0.5) is 27.6 Å². The lowest BCUT2D eigenvalue weighted by Gasteiger charge is -2.10. The fourth-order valence-electron chi connectivity index (χ4n) is 1.57. The van der Waals surface area contributed by atoms with E-state index in [4.69, 9.17) is 10.2 Å². The summed E-state index contributed by atoms with van der Waals surface area (Å²) in [6.07, 6.45) is 0.957. The molecule has 0 aromatic heterocycles. The van der Waals surface area contributed by atoms with Gasteiger partial charge in [0.1, 0.15) is 5.69 Å². The molecule has 0 aliphatic rings. The number of rotatable bonds is 8. The van der Waals surface area contributed by atoms with Gasteiger partial charge in [0.2, 0.25) is 5.82 Å². The van der Waals surface area contributed by atoms with Crippen molar-refractivity contribution < 1.29 is 36.6 Å². The number of aliphatic hydroxyl groups excluding tert-OH is 1. The van der Waals surface area contributed by atoms with E-state index in [0.717, 1.165) is 0 Å². The Morgan fingerprint density at radius 2 is 1.43 bits per heavy atom. The van der Waals surface area contributed by atoms with E-state index in [9.17, 15) is 22.0 Å². The average Bonchev–Trinajstić information content (AvgIpc) is 2.45. The Balaban J connectivity index is 2.46. The second kappa shape index (κ2) is 8.27. The molecule has 0 aliphatic carbocycles. The van der Waals surface area contributed by atoms with Crippen LogP contribution in [0.3, 0.4) is 0 Å². The van der Waals surface area contributed by atoms with Gasteiger partial charge < -0.3 is 20.0 Å². The van der Waals surface area contributed by atoms with Crippen molar-refractivity contribution in [2.75, 3.05) is 11.9 Å². The molecule has 0 fully saturated rings. The maximum Gasteiger partial charge on any atom is 0.256 e. The van der Waals surface area contributed by atoms with Crippen LogP contribution in [0.25, 0.3) is 0 Å². The number of benzene rings is 1. The van der Waals surface area contributed by atoms with Crippen LogP contribution < -0.4 is 5.32 Å². The lowest BCUT2D eigenvalue weighted by molar-refractivity contribution is -0.180. The Bertz CT molecular complexity index is 460. The molecule has 4 nitrogen and oxygen atoms in total. The highest BCUT2D eigenvalue weighted by Crippen LogP contribution is 2.27. The molecule has 120 valence electrons. The molecule has 0 heterocycles. The molecular weight excluding hydrogens is 317 g/mol. The van der Waals surface area contributed by atoms with Crippen LogP contribution in [0.15, 0.2) is 0 Å². The van der Waals surface area contributed by atoms with Gasteiger partial charge in [0, 0.05) is 6.54 Å². The number of nitrogens with one attached hydrogen (secondary N) is 1. The van der Waals surface area contributed by atoms with Gasteiger partial charge in [-0.25, -0.2) is 22.0 Å². The number of aliphatic hydroxyl groups is 2. The lowest BCUT2D eigenvalue weighted by Crippen LogP contribution is -2.14. The molecule has 0 atom stereocenters. The van der Waals surface area contributed by atoms with Crippen molar-refractivity contribution in [3.63, 3.8) is 0 Å². The molecule has 0 spiro atoms. The smallest absolute Gasteiger partial charge is 0.256 e. The van der Waals surface area contributed by atoms with E-state index < -0.39 is 51.0 Å². The summed E-state index contributed by atoms with van der Waals surface area (Å²) in [5.74, 6) is -9.97. The summed E-state index contributed by atoms with van der Waals surface area (Å²) < 4.78 is 69.7. The monoisotopic (exact) mass is 331 g/mol. The highest BCUT2D eigenvalue weighted by molar-refractivity contribution is 6.26. The van der Waals surface area contributed by atoms with Crippen LogP contribution in [0.5, 0.6) is 0 Å². The van der Waals surface area contributed by atoms with E-state index in [-0.39, 0.29) is 6.54 Å². The maximum atomic E-state index is 13.3. The first-order valence-corrected chi connectivity index (χ1v) is 7.67. The summed E-state index contributed by atoms with van der Waals surface area (Å²) in [7, 11) is -1.11. The quantitative estimate of drug-likeness (QED) is 0.168. The summed E-state index contributed by atoms with van der Waals surface area (Å²) in [6, 6.07) is 0.580. The van der Waals surface area contributed by atoms with Crippen molar-refractivity contribution in [2.24, 2.45) is 0 Å². The zero-order valence-corrected chi connectivity index (χ0v) is 12.2. The van der Waals surface area contributed by atoms with Gasteiger partial charge in [-0.1, -0.05) is 6.42 Å². The van der Waals surface area contributed by atoms with E-state index in [2.05, 4.69) is 9.74 Å². The second-order valence-electron chi connectivity index (χ2n) is 4.13. The predicted octanol–water partition coefficient (Wildman–Crippen LogP) is 1.36. The van der Waals surface area contributed by atoms with E-state index in [0.29, 0.717) is 18.9 Å². The summed E-state index contributed by atoms with van der Waals surface area (Å²) in [5.41, 5.74) is -1.05. The van der Waals surface area contributed by atoms with Gasteiger partial charge in [-0.05, 0) is 12.5 Å². The van der Waals surface area contributed by atoms with Crippen molar-refractivity contribution in [1.82, 2.24) is 0 Å². The normalized spacial score (nSPS) is 11.8. The van der Waals surface area contributed by atoms with Crippen molar-refractivity contribution in [2.45, 2.75) is 25.4 Å². The summed E-state index contributed by atoms with van der Waals surface area (Å²) in [5, 5.41) is 19.0. The van der Waals surface area contributed by atoms with Gasteiger partial charge >= 0.3 is 0 Å². The Labute approximate surface area is 119 Å². The minimum Gasteiger partial charge on any atom is -0.380 e. The zero-order chi connectivity index (χ0) is 16.0. The van der Waals surface area contributed by atoms with Crippen LogP contribution >= 0.6 is 0 Å². The number of hydrogen-bond acceptors (Lipinski definition) is 4. The van der Waals surface area contributed by atoms with Crippen LogP contribution in [0.1, 0.15) is 12.8 Å². The molecule has 1 aromatic carbocycles. The number of hydrogen-bond donors (Lipinski definition) is 3. The molecule has 0 saturated carbocycles. The third-order valence-electron chi connectivity index (χ3n) is 2.60. The van der Waals surface area contributed by atoms with Gasteiger partial charge in [0.05, 0.1) is 0 Å². The average molecular weight is 331 g/mol.